The Kier molecular flexibility index (Phi) is 5.50. The summed E-state index contributed by atoms with van der Waals surface area (Å²) in [4.78, 5) is 21.0. The van der Waals surface area contributed by atoms with Crippen LogP contribution in [-0.2, 0) is 0 Å². The number of nitrogen functional groups attached to an aromatic ring is 1. The van der Waals surface area contributed by atoms with Crippen molar-refractivity contribution >= 4 is 39.9 Å². The molecule has 4 rings (SSSR count). The molecule has 1 amide bonds. The van der Waals surface area contributed by atoms with E-state index in [0.717, 1.165) is 16.5 Å². The number of pyridine rings is 2. The molecule has 4 aromatic rings. The van der Waals surface area contributed by atoms with E-state index in [4.69, 9.17) is 22.1 Å². The molecule has 150 valence electrons. The lowest BCUT2D eigenvalue weighted by Crippen LogP contribution is -2.12. The summed E-state index contributed by atoms with van der Waals surface area (Å²) in [6.45, 7) is 1.89. The Morgan fingerprint density at radius 2 is 1.97 bits per heavy atom. The van der Waals surface area contributed by atoms with Gasteiger partial charge in [0.2, 0.25) is 0 Å². The third kappa shape index (κ3) is 4.34. The molecule has 0 aliphatic heterocycles. The van der Waals surface area contributed by atoms with Gasteiger partial charge in [0, 0.05) is 35.1 Å². The molecule has 7 heteroatoms. The fourth-order valence-electron chi connectivity index (χ4n) is 3.07. The maximum atomic E-state index is 12.7. The molecule has 0 aliphatic rings. The first kappa shape index (κ1) is 19.7. The number of carbonyl (C=O) groups excluding carboxylic acids is 1. The number of hydrogen-bond acceptors (Lipinski definition) is 5. The number of amides is 1. The molecule has 0 spiro atoms. The molecule has 3 N–H and O–H groups in total. The minimum absolute atomic E-state index is 0.199. The highest BCUT2D eigenvalue weighted by atomic mass is 35.5. The van der Waals surface area contributed by atoms with Crippen LogP contribution in [0.2, 0.25) is 5.02 Å². The van der Waals surface area contributed by atoms with Gasteiger partial charge in [0.1, 0.15) is 6.10 Å². The van der Waals surface area contributed by atoms with Crippen molar-refractivity contribution < 1.29 is 9.53 Å². The van der Waals surface area contributed by atoms with Crippen molar-refractivity contribution in [1.82, 2.24) is 9.97 Å². The number of hydrogen-bond donors (Lipinski definition) is 2. The van der Waals surface area contributed by atoms with E-state index in [0.29, 0.717) is 22.0 Å². The van der Waals surface area contributed by atoms with Crippen LogP contribution < -0.4 is 15.8 Å². The molecule has 0 fully saturated rings. The third-order valence-corrected chi connectivity index (χ3v) is 4.84. The molecule has 0 unspecified atom stereocenters. The smallest absolute Gasteiger partial charge is 0.255 e. The van der Waals surface area contributed by atoms with E-state index in [1.54, 1.807) is 18.3 Å². The SMILES string of the molecule is C[C@@H](Oc1cc(Cl)cnc1N)c1cccc(NC(=O)c2ccc3ncccc3c2)c1. The van der Waals surface area contributed by atoms with Crippen molar-refractivity contribution in [3.05, 3.63) is 89.2 Å². The maximum Gasteiger partial charge on any atom is 0.255 e. The summed E-state index contributed by atoms with van der Waals surface area (Å²) < 4.78 is 5.91. The molecule has 6 nitrogen and oxygen atoms in total. The maximum absolute atomic E-state index is 12.7. The summed E-state index contributed by atoms with van der Waals surface area (Å²) in [6, 6.07) is 18.3. The van der Waals surface area contributed by atoms with Crippen LogP contribution in [-0.4, -0.2) is 15.9 Å². The van der Waals surface area contributed by atoms with Gasteiger partial charge in [-0.2, -0.15) is 0 Å². The van der Waals surface area contributed by atoms with Crippen molar-refractivity contribution in [1.29, 1.82) is 0 Å². The Labute approximate surface area is 178 Å². The van der Waals surface area contributed by atoms with Crippen LogP contribution >= 0.6 is 11.6 Å². The number of aromatic nitrogens is 2. The van der Waals surface area contributed by atoms with E-state index >= 15 is 0 Å². The number of anilines is 2. The van der Waals surface area contributed by atoms with E-state index in [9.17, 15) is 4.79 Å². The summed E-state index contributed by atoms with van der Waals surface area (Å²) in [6.07, 6.45) is 2.87. The first-order valence-electron chi connectivity index (χ1n) is 9.33. The number of nitrogens with zero attached hydrogens (tertiary/aromatic N) is 2. The topological polar surface area (TPSA) is 90.1 Å². The molecular formula is C23H19ClN4O2. The molecule has 2 heterocycles. The zero-order valence-corrected chi connectivity index (χ0v) is 16.9. The zero-order chi connectivity index (χ0) is 21.1. The van der Waals surface area contributed by atoms with Crippen molar-refractivity contribution in [3.63, 3.8) is 0 Å². The number of benzene rings is 2. The van der Waals surface area contributed by atoms with Crippen molar-refractivity contribution in [3.8, 4) is 5.75 Å². The van der Waals surface area contributed by atoms with E-state index in [2.05, 4.69) is 15.3 Å². The average Bonchev–Trinajstić information content (AvgIpc) is 2.76. The first-order chi connectivity index (χ1) is 14.5. The summed E-state index contributed by atoms with van der Waals surface area (Å²) in [5.41, 5.74) is 8.80. The predicted molar refractivity (Wildman–Crippen MR) is 119 cm³/mol. The van der Waals surface area contributed by atoms with Gasteiger partial charge >= 0.3 is 0 Å². The Balaban J connectivity index is 1.50. The van der Waals surface area contributed by atoms with Crippen LogP contribution in [0.1, 0.15) is 28.9 Å². The molecule has 0 saturated heterocycles. The molecule has 2 aromatic carbocycles. The van der Waals surface area contributed by atoms with Crippen LogP contribution in [0.15, 0.2) is 73.1 Å². The number of nitrogens with one attached hydrogen (secondary N) is 1. The molecule has 2 aromatic heterocycles. The number of halogens is 1. The summed E-state index contributed by atoms with van der Waals surface area (Å²) in [5.74, 6) is 0.477. The Hall–Kier alpha value is -3.64. The van der Waals surface area contributed by atoms with Gasteiger partial charge < -0.3 is 15.8 Å². The lowest BCUT2D eigenvalue weighted by molar-refractivity contribution is 0.102. The molecule has 0 saturated carbocycles. The highest BCUT2D eigenvalue weighted by Gasteiger charge is 2.13. The number of carbonyl (C=O) groups is 1. The molecule has 30 heavy (non-hydrogen) atoms. The van der Waals surface area contributed by atoms with Gasteiger partial charge in [0.25, 0.3) is 5.91 Å². The van der Waals surface area contributed by atoms with Gasteiger partial charge in [-0.25, -0.2) is 4.98 Å². The van der Waals surface area contributed by atoms with E-state index in [1.165, 1.54) is 6.20 Å². The summed E-state index contributed by atoms with van der Waals surface area (Å²) in [7, 11) is 0. The van der Waals surface area contributed by atoms with Gasteiger partial charge in [-0.3, -0.25) is 9.78 Å². The van der Waals surface area contributed by atoms with Gasteiger partial charge in [-0.05, 0) is 48.9 Å². The summed E-state index contributed by atoms with van der Waals surface area (Å²) in [5, 5.41) is 4.28. The molecule has 1 atom stereocenters. The van der Waals surface area contributed by atoms with Gasteiger partial charge in [0.05, 0.1) is 10.5 Å². The lowest BCUT2D eigenvalue weighted by Gasteiger charge is -2.17. The van der Waals surface area contributed by atoms with Crippen LogP contribution in [0.3, 0.4) is 0 Å². The van der Waals surface area contributed by atoms with E-state index < -0.39 is 0 Å². The summed E-state index contributed by atoms with van der Waals surface area (Å²) >= 11 is 5.97. The van der Waals surface area contributed by atoms with Crippen LogP contribution in [0.5, 0.6) is 5.75 Å². The molecular weight excluding hydrogens is 400 g/mol. The standard InChI is InChI=1S/C23H19ClN4O2/c1-14(30-21-12-18(24)13-27-22(21)25)15-4-2-6-19(11-15)28-23(29)17-7-8-20-16(10-17)5-3-9-26-20/h2-14H,1H3,(H2,25,27)(H,28,29)/t14-/m1/s1. The van der Waals surface area contributed by atoms with Crippen LogP contribution in [0.25, 0.3) is 10.9 Å². The largest absolute Gasteiger partial charge is 0.482 e. The Morgan fingerprint density at radius 3 is 2.83 bits per heavy atom. The Morgan fingerprint density at radius 1 is 1.10 bits per heavy atom. The average molecular weight is 419 g/mol. The van der Waals surface area contributed by atoms with Crippen LogP contribution in [0, 0.1) is 0 Å². The minimum Gasteiger partial charge on any atom is -0.482 e. The molecule has 0 radical (unpaired) electrons. The normalized spacial score (nSPS) is 11.8. The highest BCUT2D eigenvalue weighted by molar-refractivity contribution is 6.30. The molecule has 0 aliphatic carbocycles. The van der Waals surface area contributed by atoms with Crippen LogP contribution in [0.4, 0.5) is 11.5 Å². The lowest BCUT2D eigenvalue weighted by atomic mass is 10.1. The first-order valence-corrected chi connectivity index (χ1v) is 9.71. The van der Waals surface area contributed by atoms with E-state index in [-0.39, 0.29) is 17.8 Å². The predicted octanol–water partition coefficient (Wildman–Crippen LogP) is 5.26. The van der Waals surface area contributed by atoms with Crippen molar-refractivity contribution in [2.24, 2.45) is 0 Å². The number of ether oxygens (including phenoxy) is 1. The number of fused-ring (bicyclic) bond motifs is 1. The van der Waals surface area contributed by atoms with Crippen molar-refractivity contribution in [2.45, 2.75) is 13.0 Å². The number of nitrogens with two attached hydrogens (primary N) is 1. The third-order valence-electron chi connectivity index (χ3n) is 4.63. The quantitative estimate of drug-likeness (QED) is 0.461. The fourth-order valence-corrected chi connectivity index (χ4v) is 3.22. The van der Waals surface area contributed by atoms with E-state index in [1.807, 2.05) is 55.5 Å². The Bertz CT molecular complexity index is 1230. The fraction of sp³-hybridized carbons (Fsp3) is 0.0870. The minimum atomic E-state index is -0.323. The second-order valence-corrected chi connectivity index (χ2v) is 7.22. The highest BCUT2D eigenvalue weighted by Crippen LogP contribution is 2.29. The number of rotatable bonds is 5. The van der Waals surface area contributed by atoms with Gasteiger partial charge in [-0.15, -0.1) is 0 Å². The van der Waals surface area contributed by atoms with Crippen molar-refractivity contribution in [2.75, 3.05) is 11.1 Å². The second kappa shape index (κ2) is 8.39. The second-order valence-electron chi connectivity index (χ2n) is 6.79. The van der Waals surface area contributed by atoms with Gasteiger partial charge in [0.15, 0.2) is 11.6 Å². The van der Waals surface area contributed by atoms with Gasteiger partial charge in [-0.1, -0.05) is 29.8 Å². The zero-order valence-electron chi connectivity index (χ0n) is 16.2. The molecule has 0 bridgehead atoms. The monoisotopic (exact) mass is 418 g/mol.